The van der Waals surface area contributed by atoms with Crippen LogP contribution in [-0.4, -0.2) is 84.8 Å². The minimum Gasteiger partial charge on any atom is -0.354 e. The number of rotatable bonds is 35. The first-order chi connectivity index (χ1) is 35.7. The van der Waals surface area contributed by atoms with Crippen molar-refractivity contribution in [3.63, 3.8) is 0 Å². The maximum atomic E-state index is 13.8. The second kappa shape index (κ2) is 34.2. The summed E-state index contributed by atoms with van der Waals surface area (Å²) in [5.74, 6) is -1.88. The molecule has 0 aromatic heterocycles. The lowest BCUT2D eigenvalue weighted by molar-refractivity contribution is -0.132. The molecule has 0 aliphatic heterocycles. The van der Waals surface area contributed by atoms with Crippen LogP contribution in [0.25, 0.3) is 0 Å². The first-order valence-electron chi connectivity index (χ1n) is 27.1. The van der Waals surface area contributed by atoms with E-state index in [1.54, 1.807) is 0 Å². The van der Waals surface area contributed by atoms with Crippen LogP contribution in [-0.2, 0) is 54.5 Å². The van der Waals surface area contributed by atoms with E-state index in [9.17, 15) is 28.8 Å². The Bertz CT molecular complexity index is 2090. The van der Waals surface area contributed by atoms with Crippen molar-refractivity contribution < 1.29 is 28.8 Å². The molecule has 0 unspecified atom stereocenters. The zero-order chi connectivity index (χ0) is 53.5. The molecule has 4 rings (SSSR count). The van der Waals surface area contributed by atoms with Gasteiger partial charge in [0.25, 0.3) is 0 Å². The van der Waals surface area contributed by atoms with Crippen LogP contribution < -0.4 is 43.4 Å². The first kappa shape index (κ1) is 60.2. The second-order valence-corrected chi connectivity index (χ2v) is 20.6. The van der Waals surface area contributed by atoms with E-state index in [4.69, 9.17) is 11.5 Å². The summed E-state index contributed by atoms with van der Waals surface area (Å²) in [6.45, 7) is 9.06. The molecule has 0 spiro atoms. The van der Waals surface area contributed by atoms with Crippen LogP contribution >= 0.6 is 0 Å². The standard InChI is InChI=1S/C60H86N8O6/c1-43(2)37-51(67-59(73)53(41-47-31-21-15-22-32-47)65-55(69)49(61)39-45-27-17-13-18-28-45)57(71)63-35-25-11-9-7-5-6-8-10-12-26-36-64-58(72)52(38-44(3)4)68-60(74)54(42-48-33-23-16-24-34-48)66-56(70)50(62)40-46-29-19-14-20-30-46/h13-24,27-34,43-44,49-54H,5-12,25-26,35-42,61-62H2,1-4H3,(H,63,71)(H,64,72)(H,65,69)(H,66,70)(H,67,73)(H,68,74)/t49-,50-,51-,52-,53-,54-/m0/s1. The van der Waals surface area contributed by atoms with E-state index in [0.29, 0.717) is 38.8 Å². The number of nitrogens with two attached hydrogens (primary N) is 2. The Kier molecular flexibility index (Phi) is 27.8. The van der Waals surface area contributed by atoms with Crippen molar-refractivity contribution in [1.29, 1.82) is 0 Å². The molecule has 0 radical (unpaired) electrons. The summed E-state index contributed by atoms with van der Waals surface area (Å²) in [7, 11) is 0. The molecule has 6 atom stereocenters. The third kappa shape index (κ3) is 24.1. The number of amides is 6. The van der Waals surface area contributed by atoms with Crippen molar-refractivity contribution >= 4 is 35.4 Å². The molecule has 4 aromatic rings. The van der Waals surface area contributed by atoms with E-state index in [1.165, 1.54) is 0 Å². The highest BCUT2D eigenvalue weighted by atomic mass is 16.2. The molecule has 0 bridgehead atoms. The van der Waals surface area contributed by atoms with Crippen molar-refractivity contribution in [3.8, 4) is 0 Å². The Morgan fingerprint density at radius 2 is 0.595 bits per heavy atom. The summed E-state index contributed by atoms with van der Waals surface area (Å²) in [6.07, 6.45) is 12.3. The molecule has 0 saturated carbocycles. The summed E-state index contributed by atoms with van der Waals surface area (Å²) < 4.78 is 0. The van der Waals surface area contributed by atoms with Gasteiger partial charge < -0.3 is 43.4 Å². The van der Waals surface area contributed by atoms with Gasteiger partial charge in [-0.15, -0.1) is 0 Å². The lowest BCUT2D eigenvalue weighted by atomic mass is 10.00. The average Bonchev–Trinajstić information content (AvgIpc) is 3.38. The van der Waals surface area contributed by atoms with Gasteiger partial charge in [-0.25, -0.2) is 0 Å². The summed E-state index contributed by atoms with van der Waals surface area (Å²) in [6, 6.07) is 32.9. The zero-order valence-corrected chi connectivity index (χ0v) is 44.5. The highest BCUT2D eigenvalue weighted by molar-refractivity contribution is 5.94. The van der Waals surface area contributed by atoms with Gasteiger partial charge in [0.2, 0.25) is 35.4 Å². The van der Waals surface area contributed by atoms with Crippen molar-refractivity contribution in [2.75, 3.05) is 13.1 Å². The van der Waals surface area contributed by atoms with Gasteiger partial charge in [0.1, 0.15) is 24.2 Å². The monoisotopic (exact) mass is 1010 g/mol. The molecule has 0 aliphatic carbocycles. The lowest BCUT2D eigenvalue weighted by Gasteiger charge is -2.25. The van der Waals surface area contributed by atoms with E-state index in [0.717, 1.165) is 86.5 Å². The average molecular weight is 1020 g/mol. The summed E-state index contributed by atoms with van der Waals surface area (Å²) in [5.41, 5.74) is 16.2. The van der Waals surface area contributed by atoms with Gasteiger partial charge >= 0.3 is 0 Å². The number of carbonyl (C=O) groups is 6. The largest absolute Gasteiger partial charge is 0.354 e. The third-order valence-corrected chi connectivity index (χ3v) is 13.0. The molecule has 4 aromatic carbocycles. The molecule has 14 heteroatoms. The summed E-state index contributed by atoms with van der Waals surface area (Å²) in [4.78, 5) is 81.0. The number of carbonyl (C=O) groups excluding carboxylic acids is 6. The number of unbranched alkanes of at least 4 members (excludes halogenated alkanes) is 9. The van der Waals surface area contributed by atoms with Crippen LogP contribution in [0.2, 0.25) is 0 Å². The molecular formula is C60H86N8O6. The number of hydrogen-bond donors (Lipinski definition) is 8. The molecule has 0 fully saturated rings. The number of hydrogen-bond acceptors (Lipinski definition) is 8. The van der Waals surface area contributed by atoms with E-state index < -0.39 is 59.9 Å². The lowest BCUT2D eigenvalue weighted by Crippen LogP contribution is -2.57. The number of benzene rings is 4. The summed E-state index contributed by atoms with van der Waals surface area (Å²) in [5, 5.41) is 17.7. The Morgan fingerprint density at radius 1 is 0.338 bits per heavy atom. The molecule has 402 valence electrons. The quantitative estimate of drug-likeness (QED) is 0.0229. The van der Waals surface area contributed by atoms with Gasteiger partial charge in [0, 0.05) is 25.9 Å². The van der Waals surface area contributed by atoms with Gasteiger partial charge in [-0.3, -0.25) is 28.8 Å². The number of nitrogens with one attached hydrogen (secondary N) is 6. The second-order valence-electron chi connectivity index (χ2n) is 20.6. The third-order valence-electron chi connectivity index (χ3n) is 13.0. The minimum absolute atomic E-state index is 0.145. The van der Waals surface area contributed by atoms with Crippen LogP contribution in [0.4, 0.5) is 0 Å². The van der Waals surface area contributed by atoms with Gasteiger partial charge in [0.05, 0.1) is 12.1 Å². The highest BCUT2D eigenvalue weighted by Crippen LogP contribution is 2.14. The van der Waals surface area contributed by atoms with E-state index in [-0.39, 0.29) is 36.5 Å². The van der Waals surface area contributed by atoms with Gasteiger partial charge in [-0.2, -0.15) is 0 Å². The SMILES string of the molecule is CC(C)C[C@H](NC(=O)[C@H](Cc1ccccc1)NC(=O)[C@@H](N)Cc1ccccc1)C(=O)NCCCCCCCCCCCCNC(=O)[C@H](CC(C)C)NC(=O)[C@H](Cc1ccccc1)NC(=O)[C@@H](N)Cc1ccccc1. The molecule has 74 heavy (non-hydrogen) atoms. The molecule has 10 N–H and O–H groups in total. The highest BCUT2D eigenvalue weighted by Gasteiger charge is 2.31. The van der Waals surface area contributed by atoms with Crippen LogP contribution in [0.3, 0.4) is 0 Å². The Labute approximate surface area is 441 Å². The predicted molar refractivity (Wildman–Crippen MR) is 295 cm³/mol. The predicted octanol–water partition coefficient (Wildman–Crippen LogP) is 6.78. The molecule has 0 heterocycles. The maximum absolute atomic E-state index is 13.8. The molecular weight excluding hydrogens is 929 g/mol. The normalized spacial score (nSPS) is 13.7. The van der Waals surface area contributed by atoms with Crippen LogP contribution in [0, 0.1) is 11.8 Å². The topological polar surface area (TPSA) is 227 Å². The fraction of sp³-hybridized carbons (Fsp3) is 0.500. The smallest absolute Gasteiger partial charge is 0.243 e. The molecule has 6 amide bonds. The zero-order valence-electron chi connectivity index (χ0n) is 44.5. The van der Waals surface area contributed by atoms with Gasteiger partial charge in [0.15, 0.2) is 0 Å². The molecule has 0 saturated heterocycles. The Morgan fingerprint density at radius 3 is 0.878 bits per heavy atom. The van der Waals surface area contributed by atoms with Crippen molar-refractivity contribution in [1.82, 2.24) is 31.9 Å². The molecule has 14 nitrogen and oxygen atoms in total. The van der Waals surface area contributed by atoms with E-state index in [2.05, 4.69) is 31.9 Å². The van der Waals surface area contributed by atoms with E-state index in [1.807, 2.05) is 149 Å². The maximum Gasteiger partial charge on any atom is 0.243 e. The fourth-order valence-corrected chi connectivity index (χ4v) is 8.88. The first-order valence-corrected chi connectivity index (χ1v) is 27.1. The van der Waals surface area contributed by atoms with Crippen molar-refractivity contribution in [2.45, 2.75) is 167 Å². The van der Waals surface area contributed by atoms with Crippen LogP contribution in [0.15, 0.2) is 121 Å². The van der Waals surface area contributed by atoms with Crippen LogP contribution in [0.1, 0.15) is 127 Å². The Hall–Kier alpha value is -6.38. The van der Waals surface area contributed by atoms with E-state index >= 15 is 0 Å². The van der Waals surface area contributed by atoms with Gasteiger partial charge in [-0.1, -0.05) is 200 Å². The minimum atomic E-state index is -0.914. The molecule has 0 aliphatic rings. The summed E-state index contributed by atoms with van der Waals surface area (Å²) >= 11 is 0. The van der Waals surface area contributed by atoms with Gasteiger partial charge in [-0.05, 0) is 72.6 Å². The van der Waals surface area contributed by atoms with Crippen molar-refractivity contribution in [3.05, 3.63) is 144 Å². The van der Waals surface area contributed by atoms with Crippen molar-refractivity contribution in [2.24, 2.45) is 23.3 Å². The fourth-order valence-electron chi connectivity index (χ4n) is 8.88. The van der Waals surface area contributed by atoms with Crippen LogP contribution in [0.5, 0.6) is 0 Å². The Balaban J connectivity index is 1.11.